The van der Waals surface area contributed by atoms with Crippen molar-refractivity contribution in [2.75, 3.05) is 19.8 Å². The lowest BCUT2D eigenvalue weighted by molar-refractivity contribution is -0.359. The summed E-state index contributed by atoms with van der Waals surface area (Å²) in [5.74, 6) is -0.216. The summed E-state index contributed by atoms with van der Waals surface area (Å²) in [6.45, 7) is 2.63. The van der Waals surface area contributed by atoms with Gasteiger partial charge in [-0.3, -0.25) is 4.79 Å². The predicted molar refractivity (Wildman–Crippen MR) is 323 cm³/mol. The predicted octanol–water partition coefficient (Wildman–Crippen LogP) is 11.4. The number of allylic oxidation sites excluding steroid dienone is 16. The smallest absolute Gasteiger partial charge is 0.220 e. The Kier molecular flexibility index (Phi) is 46.0. The van der Waals surface area contributed by atoms with Crippen LogP contribution in [0.2, 0.25) is 0 Å². The van der Waals surface area contributed by atoms with Crippen LogP contribution in [0.1, 0.15) is 219 Å². The molecule has 0 radical (unpaired) electrons. The maximum atomic E-state index is 13.1. The first-order chi connectivity index (χ1) is 39.1. The van der Waals surface area contributed by atoms with Crippen LogP contribution < -0.4 is 5.32 Å². The Hall–Kier alpha value is -3.09. The van der Waals surface area contributed by atoms with Crippen LogP contribution in [0.15, 0.2) is 97.2 Å². The Bertz CT molecular complexity index is 1710. The standard InChI is InChI=1S/C66H113NO13/c1-3-5-7-9-10-11-12-13-14-15-16-17-18-19-20-21-22-23-24-25-26-27-28-29-30-31-32-33-34-35-36-37-38-39-40-41-42-43-44-46-48-50-58(71)67-54(55(70)49-47-45-8-6-4-2)53-77-65-63(76)61(74)64(57(52-69)79-65)80-66-62(75)60(73)59(72)56(51-68)78-66/h5,7,10-11,13-14,16-17,19-20,22-23,25-26,28-29,54-57,59-66,68-70,72-76H,3-4,6,8-9,12,15,18,21,24,27,30-53H2,1-2H3,(H,67,71)/b7-5-,11-10-,14-13-,17-16-,20-19-,23-22-,26-25-,29-28-. The van der Waals surface area contributed by atoms with Crippen molar-refractivity contribution in [3.05, 3.63) is 97.2 Å². The Morgan fingerprint density at radius 2 is 0.863 bits per heavy atom. The molecule has 2 aliphatic heterocycles. The highest BCUT2D eigenvalue weighted by Gasteiger charge is 2.51. The fourth-order valence-electron chi connectivity index (χ4n) is 9.78. The van der Waals surface area contributed by atoms with E-state index in [1.165, 1.54) is 83.5 Å². The third kappa shape index (κ3) is 35.1. The summed E-state index contributed by atoms with van der Waals surface area (Å²) < 4.78 is 22.7. The van der Waals surface area contributed by atoms with Crippen LogP contribution in [-0.2, 0) is 23.7 Å². The third-order valence-electron chi connectivity index (χ3n) is 14.8. The number of aliphatic hydroxyl groups is 8. The van der Waals surface area contributed by atoms with Gasteiger partial charge in [0.2, 0.25) is 5.91 Å². The van der Waals surface area contributed by atoms with Crippen molar-refractivity contribution < 1.29 is 64.6 Å². The summed E-state index contributed by atoms with van der Waals surface area (Å²) in [7, 11) is 0. The molecule has 2 aliphatic rings. The second-order valence-electron chi connectivity index (χ2n) is 21.8. The molecule has 2 rings (SSSR count). The largest absolute Gasteiger partial charge is 0.394 e. The second kappa shape index (κ2) is 50.4. The highest BCUT2D eigenvalue weighted by Crippen LogP contribution is 2.30. The van der Waals surface area contributed by atoms with Gasteiger partial charge >= 0.3 is 0 Å². The molecule has 0 saturated carbocycles. The van der Waals surface area contributed by atoms with Gasteiger partial charge in [-0.05, 0) is 77.0 Å². The quantitative estimate of drug-likeness (QED) is 0.0204. The van der Waals surface area contributed by atoms with E-state index >= 15 is 0 Å². The SMILES string of the molecule is CC/C=C\C/C=C\C/C=C\C/C=C\C/C=C\C/C=C\C/C=C\C/C=C\CCCCCCCCCCCCCCCCCCC(=O)NC(COC1OC(CO)C(OC2OC(CO)C(O)C(O)C2O)C(O)C1O)C(O)CCCCCCC. The second-order valence-corrected chi connectivity index (χ2v) is 21.8. The first-order valence-electron chi connectivity index (χ1n) is 31.5. The number of rotatable bonds is 49. The molecule has 12 unspecified atom stereocenters. The summed E-state index contributed by atoms with van der Waals surface area (Å²) >= 11 is 0. The minimum atomic E-state index is -1.78. The summed E-state index contributed by atoms with van der Waals surface area (Å²) in [5, 5.41) is 86.6. The van der Waals surface area contributed by atoms with E-state index in [9.17, 15) is 45.6 Å². The zero-order valence-electron chi connectivity index (χ0n) is 49.5. The summed E-state index contributed by atoms with van der Waals surface area (Å²) in [4.78, 5) is 13.1. The Morgan fingerprint density at radius 1 is 0.463 bits per heavy atom. The zero-order valence-corrected chi connectivity index (χ0v) is 49.5. The summed E-state index contributed by atoms with van der Waals surface area (Å²) in [5.41, 5.74) is 0. The van der Waals surface area contributed by atoms with Crippen LogP contribution in [0.25, 0.3) is 0 Å². The average molecular weight is 1130 g/mol. The molecular formula is C66H113NO13. The van der Waals surface area contributed by atoms with Gasteiger partial charge in [-0.2, -0.15) is 0 Å². The van der Waals surface area contributed by atoms with Crippen LogP contribution >= 0.6 is 0 Å². The Labute approximate surface area is 483 Å². The molecule has 9 N–H and O–H groups in total. The Morgan fingerprint density at radius 3 is 1.32 bits per heavy atom. The highest BCUT2D eigenvalue weighted by atomic mass is 16.7. The van der Waals surface area contributed by atoms with Crippen LogP contribution in [-0.4, -0.2) is 140 Å². The molecule has 0 aromatic carbocycles. The lowest BCUT2D eigenvalue weighted by Gasteiger charge is -2.46. The first-order valence-corrected chi connectivity index (χ1v) is 31.5. The number of hydrogen-bond donors (Lipinski definition) is 9. The van der Waals surface area contributed by atoms with Crippen molar-refractivity contribution >= 4 is 5.91 Å². The van der Waals surface area contributed by atoms with Gasteiger partial charge in [-0.25, -0.2) is 0 Å². The van der Waals surface area contributed by atoms with Crippen LogP contribution in [0.3, 0.4) is 0 Å². The average Bonchev–Trinajstić information content (AvgIpc) is 3.49. The summed E-state index contributed by atoms with van der Waals surface area (Å²) in [6.07, 6.45) is 53.7. The van der Waals surface area contributed by atoms with Crippen molar-refractivity contribution in [3.63, 3.8) is 0 Å². The minimum absolute atomic E-state index is 0.216. The van der Waals surface area contributed by atoms with E-state index in [0.29, 0.717) is 12.8 Å². The van der Waals surface area contributed by atoms with Crippen molar-refractivity contribution in [2.45, 2.75) is 293 Å². The fourth-order valence-corrected chi connectivity index (χ4v) is 9.78. The minimum Gasteiger partial charge on any atom is -0.394 e. The van der Waals surface area contributed by atoms with Crippen molar-refractivity contribution in [2.24, 2.45) is 0 Å². The maximum absolute atomic E-state index is 13.1. The number of carbonyl (C=O) groups excluding carboxylic acids is 1. The molecule has 2 saturated heterocycles. The molecule has 80 heavy (non-hydrogen) atoms. The van der Waals surface area contributed by atoms with Gasteiger partial charge in [0.15, 0.2) is 12.6 Å². The fraction of sp³-hybridized carbons (Fsp3) is 0.742. The maximum Gasteiger partial charge on any atom is 0.220 e. The number of ether oxygens (including phenoxy) is 4. The molecule has 2 heterocycles. The normalized spacial score (nSPS) is 24.9. The van der Waals surface area contributed by atoms with E-state index in [2.05, 4.69) is 116 Å². The molecule has 0 aromatic rings. The molecule has 0 bridgehead atoms. The van der Waals surface area contributed by atoms with E-state index < -0.39 is 86.8 Å². The molecule has 0 aromatic heterocycles. The van der Waals surface area contributed by atoms with Crippen molar-refractivity contribution in [1.82, 2.24) is 5.32 Å². The summed E-state index contributed by atoms with van der Waals surface area (Å²) in [6, 6.07) is -0.828. The van der Waals surface area contributed by atoms with Gasteiger partial charge in [-0.1, -0.05) is 233 Å². The van der Waals surface area contributed by atoms with Gasteiger partial charge in [0.1, 0.15) is 48.8 Å². The number of aliphatic hydroxyl groups excluding tert-OH is 8. The number of amides is 1. The van der Waals surface area contributed by atoms with E-state index in [-0.39, 0.29) is 12.5 Å². The monoisotopic (exact) mass is 1130 g/mol. The van der Waals surface area contributed by atoms with E-state index in [4.69, 9.17) is 18.9 Å². The molecule has 1 amide bonds. The highest BCUT2D eigenvalue weighted by molar-refractivity contribution is 5.76. The number of hydrogen-bond acceptors (Lipinski definition) is 13. The molecule has 0 aliphatic carbocycles. The molecular weight excluding hydrogens is 1010 g/mol. The van der Waals surface area contributed by atoms with Crippen molar-refractivity contribution in [3.8, 4) is 0 Å². The number of nitrogens with one attached hydrogen (secondary N) is 1. The van der Waals surface area contributed by atoms with E-state index in [1.807, 2.05) is 0 Å². The number of unbranched alkanes of at least 4 members (excludes halogenated alkanes) is 20. The van der Waals surface area contributed by atoms with Crippen molar-refractivity contribution in [1.29, 1.82) is 0 Å². The molecule has 0 spiro atoms. The number of carbonyl (C=O) groups is 1. The Balaban J connectivity index is 1.49. The van der Waals surface area contributed by atoms with Gasteiger partial charge < -0.3 is 65.1 Å². The zero-order chi connectivity index (χ0) is 58.1. The van der Waals surface area contributed by atoms with Gasteiger partial charge in [0.05, 0.1) is 32.0 Å². The van der Waals surface area contributed by atoms with Gasteiger partial charge in [0, 0.05) is 6.42 Å². The molecule has 14 heteroatoms. The van der Waals surface area contributed by atoms with E-state index in [0.717, 1.165) is 109 Å². The van der Waals surface area contributed by atoms with Gasteiger partial charge in [0.25, 0.3) is 0 Å². The molecule has 12 atom stereocenters. The lowest BCUT2D eigenvalue weighted by atomic mass is 9.97. The van der Waals surface area contributed by atoms with Crippen LogP contribution in [0.4, 0.5) is 0 Å². The van der Waals surface area contributed by atoms with Crippen LogP contribution in [0, 0.1) is 0 Å². The third-order valence-corrected chi connectivity index (χ3v) is 14.8. The van der Waals surface area contributed by atoms with Gasteiger partial charge in [-0.15, -0.1) is 0 Å². The molecule has 14 nitrogen and oxygen atoms in total. The molecule has 460 valence electrons. The molecule has 2 fully saturated rings. The lowest BCUT2D eigenvalue weighted by Crippen LogP contribution is -2.65. The topological polar surface area (TPSA) is 228 Å². The first kappa shape index (κ1) is 73.0. The van der Waals surface area contributed by atoms with E-state index in [1.54, 1.807) is 0 Å². The van der Waals surface area contributed by atoms with Crippen LogP contribution in [0.5, 0.6) is 0 Å².